The molecular weight excluding hydrogens is 375 g/mol. The summed E-state index contributed by atoms with van der Waals surface area (Å²) in [6.45, 7) is 0.761. The standard InChI is InChI=1S/C19H20F3N3O3/c1-2-28-16(26)18(19(20,21)22,23-13-14-9-5-3-6-10-14)25-17(27)24-15-11-7-4-8-12-15/h3-12,23H,2,13H2,1H3,(H2,24,25,27)/t18-/m0/s1. The minimum Gasteiger partial charge on any atom is -0.463 e. The molecule has 0 unspecified atom stereocenters. The maximum absolute atomic E-state index is 13.9. The molecule has 6 nitrogen and oxygen atoms in total. The Bertz CT molecular complexity index is 785. The quantitative estimate of drug-likeness (QED) is 0.496. The number of para-hydroxylation sites is 1. The third-order valence-electron chi connectivity index (χ3n) is 3.74. The van der Waals surface area contributed by atoms with Crippen LogP contribution in [0.5, 0.6) is 0 Å². The van der Waals surface area contributed by atoms with Gasteiger partial charge in [0, 0.05) is 12.2 Å². The summed E-state index contributed by atoms with van der Waals surface area (Å²) in [5.74, 6) is -1.65. The molecule has 0 fully saturated rings. The number of amides is 2. The van der Waals surface area contributed by atoms with Crippen molar-refractivity contribution in [1.82, 2.24) is 10.6 Å². The summed E-state index contributed by atoms with van der Waals surface area (Å²) in [6, 6.07) is 14.8. The zero-order chi connectivity index (χ0) is 20.6. The lowest BCUT2D eigenvalue weighted by atomic mass is 10.1. The molecular formula is C19H20F3N3O3. The first-order valence-corrected chi connectivity index (χ1v) is 8.45. The van der Waals surface area contributed by atoms with Crippen LogP contribution in [0.1, 0.15) is 12.5 Å². The van der Waals surface area contributed by atoms with Crippen molar-refractivity contribution in [2.24, 2.45) is 0 Å². The van der Waals surface area contributed by atoms with Crippen LogP contribution in [0.25, 0.3) is 0 Å². The molecule has 0 aromatic heterocycles. The molecule has 0 spiro atoms. The molecule has 1 atom stereocenters. The Balaban J connectivity index is 2.29. The Hall–Kier alpha value is -3.07. The molecule has 0 bridgehead atoms. The second-order valence-corrected chi connectivity index (χ2v) is 5.75. The summed E-state index contributed by atoms with van der Waals surface area (Å²) in [5.41, 5.74) is -2.66. The van der Waals surface area contributed by atoms with E-state index in [1.165, 1.54) is 19.1 Å². The van der Waals surface area contributed by atoms with Gasteiger partial charge in [0.1, 0.15) is 0 Å². The predicted octanol–water partition coefficient (Wildman–Crippen LogP) is 3.42. The number of hydrogen-bond acceptors (Lipinski definition) is 4. The number of esters is 1. The van der Waals surface area contributed by atoms with E-state index in [4.69, 9.17) is 0 Å². The van der Waals surface area contributed by atoms with Gasteiger partial charge in [-0.05, 0) is 24.6 Å². The second kappa shape index (κ2) is 9.23. The van der Waals surface area contributed by atoms with E-state index in [0.29, 0.717) is 5.56 Å². The molecule has 9 heteroatoms. The van der Waals surface area contributed by atoms with Crippen LogP contribution in [0.3, 0.4) is 0 Å². The highest BCUT2D eigenvalue weighted by molar-refractivity contribution is 5.94. The van der Waals surface area contributed by atoms with Gasteiger partial charge in [0.05, 0.1) is 6.61 Å². The Morgan fingerprint density at radius 2 is 1.54 bits per heavy atom. The van der Waals surface area contributed by atoms with Crippen LogP contribution < -0.4 is 16.0 Å². The number of ether oxygens (including phenoxy) is 1. The van der Waals surface area contributed by atoms with Crippen LogP contribution >= 0.6 is 0 Å². The van der Waals surface area contributed by atoms with Crippen LogP contribution in [-0.4, -0.2) is 30.4 Å². The number of carbonyl (C=O) groups is 2. The van der Waals surface area contributed by atoms with E-state index in [2.05, 4.69) is 15.4 Å². The average Bonchev–Trinajstić information content (AvgIpc) is 2.66. The van der Waals surface area contributed by atoms with Crippen molar-refractivity contribution in [2.75, 3.05) is 11.9 Å². The highest BCUT2D eigenvalue weighted by atomic mass is 19.4. The van der Waals surface area contributed by atoms with Crippen molar-refractivity contribution >= 4 is 17.7 Å². The first-order valence-electron chi connectivity index (χ1n) is 8.45. The highest BCUT2D eigenvalue weighted by Crippen LogP contribution is 2.30. The van der Waals surface area contributed by atoms with Crippen molar-refractivity contribution in [3.8, 4) is 0 Å². The van der Waals surface area contributed by atoms with E-state index >= 15 is 0 Å². The number of alkyl halides is 3. The van der Waals surface area contributed by atoms with E-state index in [1.807, 2.05) is 0 Å². The number of benzene rings is 2. The first kappa shape index (κ1) is 21.2. The molecule has 3 N–H and O–H groups in total. The molecule has 150 valence electrons. The average molecular weight is 395 g/mol. The van der Waals surface area contributed by atoms with Crippen LogP contribution in [0.15, 0.2) is 60.7 Å². The van der Waals surface area contributed by atoms with E-state index in [1.54, 1.807) is 53.8 Å². The van der Waals surface area contributed by atoms with Gasteiger partial charge in [-0.1, -0.05) is 48.5 Å². The molecule has 0 radical (unpaired) electrons. The van der Waals surface area contributed by atoms with Gasteiger partial charge in [-0.25, -0.2) is 9.59 Å². The largest absolute Gasteiger partial charge is 0.463 e. The van der Waals surface area contributed by atoms with Crippen molar-refractivity contribution < 1.29 is 27.5 Å². The summed E-state index contributed by atoms with van der Waals surface area (Å²) < 4.78 is 46.4. The highest BCUT2D eigenvalue weighted by Gasteiger charge is 2.63. The van der Waals surface area contributed by atoms with Crippen LogP contribution in [0.2, 0.25) is 0 Å². The normalized spacial score (nSPS) is 13.3. The lowest BCUT2D eigenvalue weighted by molar-refractivity contribution is -0.218. The first-order chi connectivity index (χ1) is 13.3. The number of nitrogens with one attached hydrogen (secondary N) is 3. The summed E-state index contributed by atoms with van der Waals surface area (Å²) in [5, 5.41) is 6.10. The minimum atomic E-state index is -5.16. The Morgan fingerprint density at radius 1 is 0.964 bits per heavy atom. The number of urea groups is 1. The molecule has 2 amide bonds. The number of halogens is 3. The number of hydrogen-bond donors (Lipinski definition) is 3. The van der Waals surface area contributed by atoms with Crippen molar-refractivity contribution in [3.05, 3.63) is 66.2 Å². The number of carbonyl (C=O) groups excluding carboxylic acids is 2. The van der Waals surface area contributed by atoms with E-state index in [0.717, 1.165) is 0 Å². The van der Waals surface area contributed by atoms with Gasteiger partial charge in [0.2, 0.25) is 0 Å². The smallest absolute Gasteiger partial charge is 0.436 e. The topological polar surface area (TPSA) is 79.5 Å². The van der Waals surface area contributed by atoms with Gasteiger partial charge >= 0.3 is 18.2 Å². The van der Waals surface area contributed by atoms with Crippen LogP contribution in [0, 0.1) is 0 Å². The zero-order valence-corrected chi connectivity index (χ0v) is 15.0. The summed E-state index contributed by atoms with van der Waals surface area (Å²) >= 11 is 0. The summed E-state index contributed by atoms with van der Waals surface area (Å²) in [6.07, 6.45) is -5.16. The summed E-state index contributed by atoms with van der Waals surface area (Å²) in [4.78, 5) is 24.5. The third-order valence-corrected chi connectivity index (χ3v) is 3.74. The SMILES string of the molecule is CCOC(=O)[C@](NCc1ccccc1)(NC(=O)Nc1ccccc1)C(F)(F)F. The van der Waals surface area contributed by atoms with E-state index in [9.17, 15) is 22.8 Å². The molecule has 2 rings (SSSR count). The fourth-order valence-corrected chi connectivity index (χ4v) is 2.38. The predicted molar refractivity (Wildman–Crippen MR) is 97.3 cm³/mol. The monoisotopic (exact) mass is 395 g/mol. The van der Waals surface area contributed by atoms with Crippen molar-refractivity contribution in [3.63, 3.8) is 0 Å². The number of rotatable bonds is 7. The van der Waals surface area contributed by atoms with Gasteiger partial charge in [-0.15, -0.1) is 0 Å². The maximum Gasteiger partial charge on any atom is 0.436 e. The molecule has 0 heterocycles. The Labute approximate surface area is 160 Å². The lowest BCUT2D eigenvalue weighted by Crippen LogP contribution is -2.73. The van der Waals surface area contributed by atoms with Crippen molar-refractivity contribution in [1.29, 1.82) is 0 Å². The summed E-state index contributed by atoms with van der Waals surface area (Å²) in [7, 11) is 0. The zero-order valence-electron chi connectivity index (χ0n) is 15.0. The second-order valence-electron chi connectivity index (χ2n) is 5.75. The molecule has 2 aromatic carbocycles. The lowest BCUT2D eigenvalue weighted by Gasteiger charge is -2.34. The van der Waals surface area contributed by atoms with Gasteiger partial charge in [0.25, 0.3) is 5.66 Å². The van der Waals surface area contributed by atoms with Gasteiger partial charge < -0.3 is 15.4 Å². The number of anilines is 1. The van der Waals surface area contributed by atoms with Gasteiger partial charge in [-0.3, -0.25) is 5.32 Å². The van der Waals surface area contributed by atoms with Gasteiger partial charge in [0.15, 0.2) is 0 Å². The molecule has 0 aliphatic rings. The van der Waals surface area contributed by atoms with Crippen molar-refractivity contribution in [2.45, 2.75) is 25.3 Å². The molecule has 2 aromatic rings. The molecule has 0 aliphatic heterocycles. The minimum absolute atomic E-state index is 0.267. The third kappa shape index (κ3) is 5.23. The molecule has 0 aliphatic carbocycles. The van der Waals surface area contributed by atoms with Crippen LogP contribution in [-0.2, 0) is 16.1 Å². The fourth-order valence-electron chi connectivity index (χ4n) is 2.38. The maximum atomic E-state index is 13.9. The molecule has 28 heavy (non-hydrogen) atoms. The van der Waals surface area contributed by atoms with Crippen LogP contribution in [0.4, 0.5) is 23.7 Å². The molecule has 0 saturated heterocycles. The Kier molecular flexibility index (Phi) is 7.00. The van der Waals surface area contributed by atoms with E-state index < -0.39 is 23.8 Å². The molecule has 0 saturated carbocycles. The van der Waals surface area contributed by atoms with E-state index in [-0.39, 0.29) is 18.8 Å². The fraction of sp³-hybridized carbons (Fsp3) is 0.263. The Morgan fingerprint density at radius 3 is 2.07 bits per heavy atom. The van der Waals surface area contributed by atoms with Gasteiger partial charge in [-0.2, -0.15) is 13.2 Å².